The highest BCUT2D eigenvalue weighted by molar-refractivity contribution is 5.87. The lowest BCUT2D eigenvalue weighted by Gasteiger charge is -2.31. The number of ether oxygens (including phenoxy) is 1. The summed E-state index contributed by atoms with van der Waals surface area (Å²) in [5, 5.41) is 2.96. The smallest absolute Gasteiger partial charge is 0.242 e. The second-order valence-corrected chi connectivity index (χ2v) is 8.18. The summed E-state index contributed by atoms with van der Waals surface area (Å²) in [6.07, 6.45) is 2.26. The summed E-state index contributed by atoms with van der Waals surface area (Å²) in [5.74, 6) is 0.714. The summed E-state index contributed by atoms with van der Waals surface area (Å²) in [7, 11) is 0. The summed E-state index contributed by atoms with van der Waals surface area (Å²) in [6.45, 7) is 8.84. The van der Waals surface area contributed by atoms with Crippen molar-refractivity contribution >= 4 is 11.8 Å². The lowest BCUT2D eigenvalue weighted by molar-refractivity contribution is -0.141. The number of nitrogens with one attached hydrogen (secondary N) is 1. The number of hydrogen-bond donors (Lipinski definition) is 1. The van der Waals surface area contributed by atoms with Crippen LogP contribution in [0.3, 0.4) is 0 Å². The molecule has 5 nitrogen and oxygen atoms in total. The molecule has 0 aliphatic heterocycles. The zero-order valence-electron chi connectivity index (χ0n) is 19.3. The Balaban J connectivity index is 1.98. The van der Waals surface area contributed by atoms with Crippen molar-refractivity contribution < 1.29 is 14.3 Å². The number of aryl methyl sites for hydroxylation is 1. The Hall–Kier alpha value is -2.82. The van der Waals surface area contributed by atoms with E-state index in [-0.39, 0.29) is 17.9 Å². The summed E-state index contributed by atoms with van der Waals surface area (Å²) < 4.78 is 5.76. The van der Waals surface area contributed by atoms with Crippen molar-refractivity contribution in [2.24, 2.45) is 0 Å². The van der Waals surface area contributed by atoms with Crippen LogP contribution in [0.15, 0.2) is 54.6 Å². The lowest BCUT2D eigenvalue weighted by atomic mass is 10.1. The number of nitrogens with zero attached hydrogens (tertiary/aromatic N) is 1. The molecule has 1 atom stereocenters. The molecule has 0 bridgehead atoms. The van der Waals surface area contributed by atoms with E-state index in [1.807, 2.05) is 82.3 Å². The van der Waals surface area contributed by atoms with E-state index in [0.29, 0.717) is 32.4 Å². The standard InChI is InChI=1S/C26H36N2O3/c1-5-24(26(30)27-20(2)3)28(18-17-22-10-7-6-8-11-22)25(29)12-9-19-31-23-15-13-21(4)14-16-23/h6-8,10-11,13-16,20,24H,5,9,12,17-19H2,1-4H3,(H,27,30)/t24-/m1/s1. The van der Waals surface area contributed by atoms with Crippen LogP contribution in [0, 0.1) is 6.92 Å². The predicted molar refractivity (Wildman–Crippen MR) is 125 cm³/mol. The van der Waals surface area contributed by atoms with Crippen molar-refractivity contribution in [2.45, 2.75) is 65.5 Å². The molecule has 2 aromatic carbocycles. The van der Waals surface area contributed by atoms with Gasteiger partial charge in [0.1, 0.15) is 11.8 Å². The Morgan fingerprint density at radius 2 is 1.71 bits per heavy atom. The van der Waals surface area contributed by atoms with Gasteiger partial charge in [-0.1, -0.05) is 55.0 Å². The Labute approximate surface area is 186 Å². The van der Waals surface area contributed by atoms with Gasteiger partial charge in [-0.25, -0.2) is 0 Å². The van der Waals surface area contributed by atoms with Crippen LogP contribution in [0.25, 0.3) is 0 Å². The first-order valence-electron chi connectivity index (χ1n) is 11.2. The first-order valence-corrected chi connectivity index (χ1v) is 11.2. The van der Waals surface area contributed by atoms with Crippen LogP contribution in [0.1, 0.15) is 51.2 Å². The topological polar surface area (TPSA) is 58.6 Å². The molecule has 0 aliphatic rings. The maximum atomic E-state index is 13.1. The largest absolute Gasteiger partial charge is 0.494 e. The molecule has 5 heteroatoms. The van der Waals surface area contributed by atoms with E-state index in [1.54, 1.807) is 4.90 Å². The van der Waals surface area contributed by atoms with Gasteiger partial charge in [0.05, 0.1) is 6.61 Å². The van der Waals surface area contributed by atoms with Gasteiger partial charge in [0.2, 0.25) is 11.8 Å². The second kappa shape index (κ2) is 12.8. The van der Waals surface area contributed by atoms with Crippen LogP contribution in [0.2, 0.25) is 0 Å². The predicted octanol–water partition coefficient (Wildman–Crippen LogP) is 4.53. The highest BCUT2D eigenvalue weighted by Gasteiger charge is 2.28. The number of rotatable bonds is 12. The molecule has 0 spiro atoms. The Kier molecular flexibility index (Phi) is 10.1. The molecule has 0 aliphatic carbocycles. The SMILES string of the molecule is CC[C@H](C(=O)NC(C)C)N(CCc1ccccc1)C(=O)CCCOc1ccc(C)cc1. The number of amides is 2. The normalized spacial score (nSPS) is 11.8. The maximum Gasteiger partial charge on any atom is 0.242 e. The van der Waals surface area contributed by atoms with Gasteiger partial charge < -0.3 is 15.0 Å². The molecule has 1 N–H and O–H groups in total. The molecule has 0 aromatic heterocycles. The minimum Gasteiger partial charge on any atom is -0.494 e. The Morgan fingerprint density at radius 1 is 1.03 bits per heavy atom. The lowest BCUT2D eigenvalue weighted by Crippen LogP contribution is -2.51. The summed E-state index contributed by atoms with van der Waals surface area (Å²) >= 11 is 0. The van der Waals surface area contributed by atoms with Crippen LogP contribution in [0.5, 0.6) is 5.75 Å². The zero-order chi connectivity index (χ0) is 22.6. The highest BCUT2D eigenvalue weighted by atomic mass is 16.5. The monoisotopic (exact) mass is 424 g/mol. The number of carbonyl (C=O) groups excluding carboxylic acids is 2. The van der Waals surface area contributed by atoms with Gasteiger partial charge in [0, 0.05) is 19.0 Å². The highest BCUT2D eigenvalue weighted by Crippen LogP contribution is 2.14. The van der Waals surface area contributed by atoms with Crippen molar-refractivity contribution in [1.29, 1.82) is 0 Å². The fourth-order valence-electron chi connectivity index (χ4n) is 3.47. The summed E-state index contributed by atoms with van der Waals surface area (Å²) in [5.41, 5.74) is 2.34. The van der Waals surface area contributed by atoms with Crippen LogP contribution in [-0.4, -0.2) is 41.9 Å². The number of carbonyl (C=O) groups is 2. The van der Waals surface area contributed by atoms with Gasteiger partial charge >= 0.3 is 0 Å². The molecule has 0 heterocycles. The minimum absolute atomic E-state index is 0.00538. The molecule has 0 fully saturated rings. The van der Waals surface area contributed by atoms with Crippen molar-refractivity contribution in [3.8, 4) is 5.75 Å². The Bertz CT molecular complexity index is 803. The van der Waals surface area contributed by atoms with E-state index in [9.17, 15) is 9.59 Å². The fraction of sp³-hybridized carbons (Fsp3) is 0.462. The third kappa shape index (κ3) is 8.44. The molecule has 2 aromatic rings. The van der Waals surface area contributed by atoms with E-state index in [4.69, 9.17) is 4.74 Å². The van der Waals surface area contributed by atoms with Crippen LogP contribution < -0.4 is 10.1 Å². The van der Waals surface area contributed by atoms with Crippen molar-refractivity contribution in [3.63, 3.8) is 0 Å². The van der Waals surface area contributed by atoms with Crippen molar-refractivity contribution in [3.05, 3.63) is 65.7 Å². The van der Waals surface area contributed by atoms with Gasteiger partial charge in [0.15, 0.2) is 0 Å². The molecule has 0 unspecified atom stereocenters. The minimum atomic E-state index is -0.461. The van der Waals surface area contributed by atoms with Gasteiger partial charge in [-0.15, -0.1) is 0 Å². The summed E-state index contributed by atoms with van der Waals surface area (Å²) in [4.78, 5) is 27.6. The van der Waals surface area contributed by atoms with Crippen LogP contribution >= 0.6 is 0 Å². The molecular formula is C26H36N2O3. The van der Waals surface area contributed by atoms with Gasteiger partial charge in [-0.3, -0.25) is 9.59 Å². The third-order valence-electron chi connectivity index (χ3n) is 5.13. The molecule has 0 saturated carbocycles. The molecule has 168 valence electrons. The van der Waals surface area contributed by atoms with E-state index < -0.39 is 6.04 Å². The van der Waals surface area contributed by atoms with Crippen LogP contribution in [0.4, 0.5) is 0 Å². The van der Waals surface area contributed by atoms with Crippen molar-refractivity contribution in [1.82, 2.24) is 10.2 Å². The average molecular weight is 425 g/mol. The first-order chi connectivity index (χ1) is 14.9. The molecule has 2 amide bonds. The van der Waals surface area contributed by atoms with Gasteiger partial charge in [-0.05, 0) is 57.7 Å². The molecule has 0 radical (unpaired) electrons. The van der Waals surface area contributed by atoms with Crippen molar-refractivity contribution in [2.75, 3.05) is 13.2 Å². The number of hydrogen-bond acceptors (Lipinski definition) is 3. The first kappa shape index (κ1) is 24.4. The third-order valence-corrected chi connectivity index (χ3v) is 5.13. The van der Waals surface area contributed by atoms with E-state index >= 15 is 0 Å². The average Bonchev–Trinajstić information content (AvgIpc) is 2.75. The van der Waals surface area contributed by atoms with E-state index in [1.165, 1.54) is 5.56 Å². The molecule has 31 heavy (non-hydrogen) atoms. The van der Waals surface area contributed by atoms with E-state index in [2.05, 4.69) is 5.32 Å². The van der Waals surface area contributed by atoms with Gasteiger partial charge in [0.25, 0.3) is 0 Å². The zero-order valence-corrected chi connectivity index (χ0v) is 19.3. The Morgan fingerprint density at radius 3 is 2.32 bits per heavy atom. The summed E-state index contributed by atoms with van der Waals surface area (Å²) in [6, 6.07) is 17.5. The molecule has 2 rings (SSSR count). The maximum absolute atomic E-state index is 13.1. The van der Waals surface area contributed by atoms with Crippen LogP contribution in [-0.2, 0) is 16.0 Å². The fourth-order valence-corrected chi connectivity index (χ4v) is 3.47. The quantitative estimate of drug-likeness (QED) is 0.509. The van der Waals surface area contributed by atoms with Gasteiger partial charge in [-0.2, -0.15) is 0 Å². The molecule has 0 saturated heterocycles. The second-order valence-electron chi connectivity index (χ2n) is 8.18. The number of benzene rings is 2. The molecular weight excluding hydrogens is 388 g/mol. The van der Waals surface area contributed by atoms with E-state index in [0.717, 1.165) is 17.7 Å².